The van der Waals surface area contributed by atoms with Crippen molar-refractivity contribution in [3.8, 4) is 5.75 Å². The fourth-order valence-corrected chi connectivity index (χ4v) is 2.80. The Morgan fingerprint density at radius 1 is 1.62 bits per heavy atom. The van der Waals surface area contributed by atoms with Crippen molar-refractivity contribution >= 4 is 11.8 Å². The fourth-order valence-electron chi connectivity index (χ4n) is 1.56. The van der Waals surface area contributed by atoms with Crippen LogP contribution in [0.15, 0.2) is 23.1 Å². The minimum absolute atomic E-state index is 0.208. The van der Waals surface area contributed by atoms with Crippen LogP contribution in [0, 0.1) is 0 Å². The van der Waals surface area contributed by atoms with E-state index in [-0.39, 0.29) is 6.04 Å². The van der Waals surface area contributed by atoms with Gasteiger partial charge in [0, 0.05) is 16.2 Å². The summed E-state index contributed by atoms with van der Waals surface area (Å²) >= 11 is 1.82. The molecule has 0 bridgehead atoms. The molecular weight excluding hydrogens is 182 g/mol. The number of hydrogen-bond acceptors (Lipinski definition) is 3. The summed E-state index contributed by atoms with van der Waals surface area (Å²) in [5.74, 6) is 0.352. The molecule has 3 N–H and O–H groups in total. The normalized spacial score (nSPS) is 22.8. The van der Waals surface area contributed by atoms with Gasteiger partial charge in [0.15, 0.2) is 0 Å². The van der Waals surface area contributed by atoms with E-state index in [2.05, 4.69) is 0 Å². The first-order valence-corrected chi connectivity index (χ1v) is 5.29. The van der Waals surface area contributed by atoms with Crippen LogP contribution >= 0.6 is 11.8 Å². The van der Waals surface area contributed by atoms with Gasteiger partial charge in [-0.1, -0.05) is 0 Å². The van der Waals surface area contributed by atoms with Gasteiger partial charge in [0.25, 0.3) is 0 Å². The van der Waals surface area contributed by atoms with E-state index in [1.807, 2.05) is 30.8 Å². The fraction of sp³-hybridized carbons (Fsp3) is 0.400. The summed E-state index contributed by atoms with van der Waals surface area (Å²) in [6.07, 6.45) is 0.978. The second-order valence-corrected chi connectivity index (χ2v) is 4.79. The van der Waals surface area contributed by atoms with E-state index >= 15 is 0 Å². The zero-order chi connectivity index (χ0) is 9.42. The minimum atomic E-state index is 0.208. The van der Waals surface area contributed by atoms with Crippen LogP contribution in [0.2, 0.25) is 0 Å². The Balaban J connectivity index is 2.25. The molecule has 2 atom stereocenters. The topological polar surface area (TPSA) is 46.2 Å². The van der Waals surface area contributed by atoms with Crippen molar-refractivity contribution in [2.45, 2.75) is 29.5 Å². The lowest BCUT2D eigenvalue weighted by Crippen LogP contribution is -2.28. The van der Waals surface area contributed by atoms with E-state index < -0.39 is 0 Å². The monoisotopic (exact) mass is 195 g/mol. The summed E-state index contributed by atoms with van der Waals surface area (Å²) in [5.41, 5.74) is 7.06. The van der Waals surface area contributed by atoms with Crippen LogP contribution in [-0.2, 0) is 6.42 Å². The van der Waals surface area contributed by atoms with Gasteiger partial charge in [0.2, 0.25) is 0 Å². The Hall–Kier alpha value is -0.670. The first-order valence-electron chi connectivity index (χ1n) is 4.41. The molecule has 1 heterocycles. The molecule has 0 amide bonds. The molecule has 13 heavy (non-hydrogen) atoms. The molecule has 0 aromatic heterocycles. The van der Waals surface area contributed by atoms with E-state index in [1.54, 1.807) is 6.07 Å². The number of fused-ring (bicyclic) bond motifs is 1. The maximum Gasteiger partial charge on any atom is 0.115 e. The van der Waals surface area contributed by atoms with Crippen LogP contribution in [0.4, 0.5) is 0 Å². The van der Waals surface area contributed by atoms with Crippen LogP contribution in [-0.4, -0.2) is 16.4 Å². The molecule has 0 fully saturated rings. The summed E-state index contributed by atoms with van der Waals surface area (Å²) < 4.78 is 0. The maximum atomic E-state index is 9.28. The molecule has 0 saturated carbocycles. The third-order valence-corrected chi connectivity index (χ3v) is 3.88. The van der Waals surface area contributed by atoms with Gasteiger partial charge in [0.1, 0.15) is 5.75 Å². The van der Waals surface area contributed by atoms with E-state index in [9.17, 15) is 5.11 Å². The summed E-state index contributed by atoms with van der Waals surface area (Å²) in [6, 6.07) is 5.75. The number of phenols is 1. The van der Waals surface area contributed by atoms with E-state index in [1.165, 1.54) is 10.5 Å². The average Bonchev–Trinajstić information content (AvgIpc) is 2.46. The van der Waals surface area contributed by atoms with Crippen molar-refractivity contribution in [3.63, 3.8) is 0 Å². The predicted octanol–water partition coefficient (Wildman–Crippen LogP) is 1.76. The van der Waals surface area contributed by atoms with Crippen LogP contribution in [0.5, 0.6) is 5.75 Å². The molecule has 1 aromatic carbocycles. The summed E-state index contributed by atoms with van der Waals surface area (Å²) in [5, 5.41) is 9.75. The molecule has 2 unspecified atom stereocenters. The number of aromatic hydroxyl groups is 1. The Kier molecular flexibility index (Phi) is 2.22. The minimum Gasteiger partial charge on any atom is -0.508 e. The molecule has 0 saturated heterocycles. The molecule has 70 valence electrons. The number of hydrogen-bond donors (Lipinski definition) is 2. The average molecular weight is 195 g/mol. The first-order chi connectivity index (χ1) is 6.16. The smallest absolute Gasteiger partial charge is 0.115 e. The Bertz CT molecular complexity index is 325. The van der Waals surface area contributed by atoms with Crippen LogP contribution in [0.1, 0.15) is 12.5 Å². The molecule has 0 aliphatic carbocycles. The number of benzene rings is 1. The second kappa shape index (κ2) is 3.24. The largest absolute Gasteiger partial charge is 0.508 e. The molecular formula is C10H13NOS. The van der Waals surface area contributed by atoms with Crippen LogP contribution in [0.3, 0.4) is 0 Å². The van der Waals surface area contributed by atoms with Crippen molar-refractivity contribution < 1.29 is 5.11 Å². The van der Waals surface area contributed by atoms with Crippen LogP contribution < -0.4 is 5.73 Å². The standard InChI is InChI=1S/C10H13NOS/c1-6(11)10-5-7-4-8(12)2-3-9(7)13-10/h2-4,6,10,12H,5,11H2,1H3. The molecule has 1 aromatic rings. The van der Waals surface area contributed by atoms with Crippen molar-refractivity contribution in [1.82, 2.24) is 0 Å². The van der Waals surface area contributed by atoms with E-state index in [4.69, 9.17) is 5.73 Å². The highest BCUT2D eigenvalue weighted by atomic mass is 32.2. The molecule has 3 heteroatoms. The highest BCUT2D eigenvalue weighted by Crippen LogP contribution is 2.39. The third kappa shape index (κ3) is 1.67. The van der Waals surface area contributed by atoms with Gasteiger partial charge in [0.05, 0.1) is 0 Å². The number of rotatable bonds is 1. The zero-order valence-electron chi connectivity index (χ0n) is 7.53. The van der Waals surface area contributed by atoms with Gasteiger partial charge in [-0.25, -0.2) is 0 Å². The molecule has 1 aliphatic rings. The van der Waals surface area contributed by atoms with Crippen molar-refractivity contribution in [2.24, 2.45) is 5.73 Å². The van der Waals surface area contributed by atoms with Gasteiger partial charge in [-0.15, -0.1) is 11.8 Å². The highest BCUT2D eigenvalue weighted by Gasteiger charge is 2.24. The van der Waals surface area contributed by atoms with E-state index in [0.29, 0.717) is 11.0 Å². The lowest BCUT2D eigenvalue weighted by molar-refractivity contribution is 0.474. The van der Waals surface area contributed by atoms with Gasteiger partial charge in [-0.3, -0.25) is 0 Å². The van der Waals surface area contributed by atoms with Crippen molar-refractivity contribution in [2.75, 3.05) is 0 Å². The predicted molar refractivity (Wildman–Crippen MR) is 55.1 cm³/mol. The number of phenolic OH excluding ortho intramolecular Hbond substituents is 1. The van der Waals surface area contributed by atoms with Gasteiger partial charge < -0.3 is 10.8 Å². The molecule has 1 aliphatic heterocycles. The van der Waals surface area contributed by atoms with Gasteiger partial charge in [-0.05, 0) is 37.1 Å². The number of thioether (sulfide) groups is 1. The van der Waals surface area contributed by atoms with Crippen molar-refractivity contribution in [3.05, 3.63) is 23.8 Å². The summed E-state index contributed by atoms with van der Waals surface area (Å²) in [7, 11) is 0. The Morgan fingerprint density at radius 3 is 3.08 bits per heavy atom. The maximum absolute atomic E-state index is 9.28. The summed E-state index contributed by atoms with van der Waals surface area (Å²) in [6.45, 7) is 2.03. The molecule has 2 nitrogen and oxygen atoms in total. The Morgan fingerprint density at radius 2 is 2.38 bits per heavy atom. The van der Waals surface area contributed by atoms with Crippen LogP contribution in [0.25, 0.3) is 0 Å². The summed E-state index contributed by atoms with van der Waals surface area (Å²) in [4.78, 5) is 1.26. The molecule has 0 radical (unpaired) electrons. The number of nitrogens with two attached hydrogens (primary N) is 1. The quantitative estimate of drug-likeness (QED) is 0.717. The third-order valence-electron chi connectivity index (χ3n) is 2.33. The lowest BCUT2D eigenvalue weighted by Gasteiger charge is -2.11. The zero-order valence-corrected chi connectivity index (χ0v) is 8.34. The SMILES string of the molecule is CC(N)C1Cc2cc(O)ccc2S1. The lowest BCUT2D eigenvalue weighted by atomic mass is 10.1. The second-order valence-electron chi connectivity index (χ2n) is 3.51. The Labute approximate surface area is 82.1 Å². The van der Waals surface area contributed by atoms with E-state index in [0.717, 1.165) is 6.42 Å². The molecule has 2 rings (SSSR count). The first kappa shape index (κ1) is 8.91. The van der Waals surface area contributed by atoms with Gasteiger partial charge >= 0.3 is 0 Å². The van der Waals surface area contributed by atoms with Crippen molar-refractivity contribution in [1.29, 1.82) is 0 Å². The molecule has 0 spiro atoms. The van der Waals surface area contributed by atoms with Gasteiger partial charge in [-0.2, -0.15) is 0 Å². The highest BCUT2D eigenvalue weighted by molar-refractivity contribution is 8.00.